The van der Waals surface area contributed by atoms with Gasteiger partial charge in [-0.3, -0.25) is 9.36 Å². The summed E-state index contributed by atoms with van der Waals surface area (Å²) < 4.78 is 23.4. The average molecular weight is 1090 g/mol. The van der Waals surface area contributed by atoms with Crippen LogP contribution in [0.1, 0.15) is 251 Å². The maximum Gasteiger partial charge on any atom is 0.268 e. The Bertz CT molecular complexity index is 1670. The number of hydrogen-bond donors (Lipinski definition) is 2. The highest BCUT2D eigenvalue weighted by molar-refractivity contribution is 7.45. The number of likely N-dealkylation sites (N-methyl/N-ethyl adjacent to an activating group) is 1. The highest BCUT2D eigenvalue weighted by Gasteiger charge is 2.23. The molecule has 0 saturated heterocycles. The average Bonchev–Trinajstić information content (AvgIpc) is 3.39. The minimum absolute atomic E-state index is 0.0143. The van der Waals surface area contributed by atoms with E-state index < -0.39 is 26.6 Å². The molecule has 0 fully saturated rings. The van der Waals surface area contributed by atoms with Gasteiger partial charge in [-0.25, -0.2) is 0 Å². The molecule has 0 aliphatic carbocycles. The number of carbonyl (C=O) groups excluding carboxylic acids is 1. The standard InChI is InChI=1S/C68H119N2O6P/c1-6-8-10-12-14-16-18-20-22-24-26-28-30-32-33-34-35-36-37-38-40-42-44-46-48-50-52-54-56-58-60-62-68(72)69-66(65-76-77(73,74)75-64-63-70(3,4)5)67(71)61-59-57-55-53-51-49-47-45-43-41-39-31-29-27-25-23-21-19-17-15-13-11-9-7-2/h8,10,14,16,20,22,26,28,32-33,35-36,38,40,44,46,50,52,59,61,66-67,71H,6-7,9,11-13,15,17-19,21,23-25,27,29-31,34,37,39,41-43,45,47-49,51,53-58,60,62-65H2,1-5H3,(H-,69,72,73,74)/b10-8-,16-14-,22-20-,28-26-,33-32-,36-35-,40-38-,46-44-,52-50-,61-59+. The predicted molar refractivity (Wildman–Crippen MR) is 334 cm³/mol. The van der Waals surface area contributed by atoms with Gasteiger partial charge in [-0.2, -0.15) is 0 Å². The van der Waals surface area contributed by atoms with Gasteiger partial charge in [-0.15, -0.1) is 0 Å². The summed E-state index contributed by atoms with van der Waals surface area (Å²) >= 11 is 0. The molecule has 3 atom stereocenters. The number of aliphatic hydroxyl groups is 1. The number of allylic oxidation sites excluding steroid dienone is 19. The number of rotatable bonds is 56. The van der Waals surface area contributed by atoms with Crippen LogP contribution in [-0.4, -0.2) is 68.5 Å². The van der Waals surface area contributed by atoms with Crippen LogP contribution in [0.15, 0.2) is 122 Å². The monoisotopic (exact) mass is 1090 g/mol. The fourth-order valence-corrected chi connectivity index (χ4v) is 9.28. The lowest BCUT2D eigenvalue weighted by Crippen LogP contribution is -2.45. The minimum atomic E-state index is -4.62. The van der Waals surface area contributed by atoms with E-state index in [-0.39, 0.29) is 12.5 Å². The van der Waals surface area contributed by atoms with Crippen molar-refractivity contribution >= 4 is 13.7 Å². The van der Waals surface area contributed by atoms with E-state index in [0.717, 1.165) is 96.3 Å². The van der Waals surface area contributed by atoms with Gasteiger partial charge in [0.2, 0.25) is 5.91 Å². The lowest BCUT2D eigenvalue weighted by atomic mass is 10.0. The molecule has 3 unspecified atom stereocenters. The maximum absolute atomic E-state index is 13.0. The second-order valence-electron chi connectivity index (χ2n) is 22.0. The van der Waals surface area contributed by atoms with Gasteiger partial charge in [0.15, 0.2) is 0 Å². The molecule has 77 heavy (non-hydrogen) atoms. The van der Waals surface area contributed by atoms with Gasteiger partial charge >= 0.3 is 0 Å². The van der Waals surface area contributed by atoms with Crippen molar-refractivity contribution < 1.29 is 32.9 Å². The molecule has 0 aromatic carbocycles. The van der Waals surface area contributed by atoms with Crippen LogP contribution in [0.4, 0.5) is 0 Å². The van der Waals surface area contributed by atoms with E-state index in [1.165, 1.54) is 128 Å². The van der Waals surface area contributed by atoms with E-state index >= 15 is 0 Å². The summed E-state index contributed by atoms with van der Waals surface area (Å²) in [5, 5.41) is 13.9. The summed E-state index contributed by atoms with van der Waals surface area (Å²) in [5.74, 6) is -0.232. The van der Waals surface area contributed by atoms with E-state index in [1.807, 2.05) is 27.2 Å². The van der Waals surface area contributed by atoms with Crippen molar-refractivity contribution in [3.05, 3.63) is 122 Å². The Morgan fingerprint density at radius 3 is 1.16 bits per heavy atom. The Morgan fingerprint density at radius 2 is 0.792 bits per heavy atom. The molecule has 8 nitrogen and oxygen atoms in total. The van der Waals surface area contributed by atoms with Crippen molar-refractivity contribution in [2.75, 3.05) is 40.9 Å². The Hall–Kier alpha value is -3.10. The Labute approximate surface area is 475 Å². The summed E-state index contributed by atoms with van der Waals surface area (Å²) in [6.07, 6.45) is 85.7. The molecule has 0 aliphatic rings. The topological polar surface area (TPSA) is 108 Å². The molecule has 0 heterocycles. The number of nitrogens with one attached hydrogen (secondary N) is 1. The van der Waals surface area contributed by atoms with Crippen LogP contribution >= 0.6 is 7.82 Å². The van der Waals surface area contributed by atoms with Crippen LogP contribution in [0.25, 0.3) is 0 Å². The van der Waals surface area contributed by atoms with Gasteiger partial charge in [0, 0.05) is 6.42 Å². The Balaban J connectivity index is 4.29. The Kier molecular flexibility index (Phi) is 55.3. The molecule has 0 aromatic heterocycles. The van der Waals surface area contributed by atoms with Crippen LogP contribution in [0.5, 0.6) is 0 Å². The van der Waals surface area contributed by atoms with Crippen molar-refractivity contribution in [1.82, 2.24) is 5.32 Å². The van der Waals surface area contributed by atoms with Crippen LogP contribution in [-0.2, 0) is 18.4 Å². The van der Waals surface area contributed by atoms with Crippen molar-refractivity contribution in [2.45, 2.75) is 264 Å². The molecule has 442 valence electrons. The Morgan fingerprint density at radius 1 is 0.468 bits per heavy atom. The quantitative estimate of drug-likeness (QED) is 0.0272. The van der Waals surface area contributed by atoms with Gasteiger partial charge in [0.25, 0.3) is 7.82 Å². The highest BCUT2D eigenvalue weighted by Crippen LogP contribution is 2.38. The van der Waals surface area contributed by atoms with Crippen molar-refractivity contribution in [2.24, 2.45) is 0 Å². The van der Waals surface area contributed by atoms with Gasteiger partial charge in [-0.05, 0) is 89.9 Å². The first-order valence-electron chi connectivity index (χ1n) is 31.4. The van der Waals surface area contributed by atoms with Crippen LogP contribution in [0, 0.1) is 0 Å². The minimum Gasteiger partial charge on any atom is -0.756 e. The first-order chi connectivity index (χ1) is 37.5. The van der Waals surface area contributed by atoms with E-state index in [1.54, 1.807) is 6.08 Å². The SMILES string of the molecule is CC/C=C\C/C=C\C/C=C\C/C=C\C/C=C\C/C=C\C/C=C\C/C=C\C/C=C\CCCCCC(=O)NC(COP(=O)([O-])OCC[N+](C)(C)C)C(O)/C=C/CCCCCCCCCCCCCCCCCCCCCCCC. The third-order valence-electron chi connectivity index (χ3n) is 13.4. The molecular formula is C68H119N2O6P. The zero-order valence-corrected chi connectivity index (χ0v) is 51.3. The third kappa shape index (κ3) is 60.4. The van der Waals surface area contributed by atoms with Crippen LogP contribution in [0.2, 0.25) is 0 Å². The highest BCUT2D eigenvalue weighted by atomic mass is 31.2. The van der Waals surface area contributed by atoms with Gasteiger partial charge in [0.1, 0.15) is 13.2 Å². The van der Waals surface area contributed by atoms with Gasteiger partial charge in [0.05, 0.1) is 39.9 Å². The van der Waals surface area contributed by atoms with E-state index in [0.29, 0.717) is 23.9 Å². The maximum atomic E-state index is 13.0. The van der Waals surface area contributed by atoms with Crippen molar-refractivity contribution in [1.29, 1.82) is 0 Å². The van der Waals surface area contributed by atoms with Crippen LogP contribution < -0.4 is 10.2 Å². The molecule has 0 spiro atoms. The summed E-state index contributed by atoms with van der Waals surface area (Å²) in [7, 11) is 1.22. The normalized spacial score (nSPS) is 14.6. The number of aliphatic hydroxyl groups excluding tert-OH is 1. The third-order valence-corrected chi connectivity index (χ3v) is 14.4. The van der Waals surface area contributed by atoms with E-state index in [4.69, 9.17) is 9.05 Å². The molecule has 2 N–H and O–H groups in total. The van der Waals surface area contributed by atoms with Crippen molar-refractivity contribution in [3.63, 3.8) is 0 Å². The zero-order valence-electron chi connectivity index (χ0n) is 50.4. The van der Waals surface area contributed by atoms with Crippen molar-refractivity contribution in [3.8, 4) is 0 Å². The molecule has 0 aromatic rings. The largest absolute Gasteiger partial charge is 0.756 e. The number of hydrogen-bond acceptors (Lipinski definition) is 6. The molecule has 0 aliphatic heterocycles. The first kappa shape index (κ1) is 73.9. The second-order valence-corrected chi connectivity index (χ2v) is 23.4. The summed E-state index contributed by atoms with van der Waals surface area (Å²) in [6, 6.07) is -0.915. The van der Waals surface area contributed by atoms with Crippen LogP contribution in [0.3, 0.4) is 0 Å². The summed E-state index contributed by atoms with van der Waals surface area (Å²) in [5.41, 5.74) is 0. The lowest BCUT2D eigenvalue weighted by Gasteiger charge is -2.29. The number of nitrogens with zero attached hydrogens (tertiary/aromatic N) is 1. The number of phosphoric ester groups is 1. The fourth-order valence-electron chi connectivity index (χ4n) is 8.56. The number of carbonyl (C=O) groups is 1. The molecule has 9 heteroatoms. The molecule has 0 bridgehead atoms. The fraction of sp³-hybridized carbons (Fsp3) is 0.691. The molecule has 0 rings (SSSR count). The number of quaternary nitrogens is 1. The molecule has 1 amide bonds. The molecular weight excluding hydrogens is 972 g/mol. The second kappa shape index (κ2) is 57.6. The number of amides is 1. The van der Waals surface area contributed by atoms with E-state index in [9.17, 15) is 19.4 Å². The number of unbranched alkanes of at least 4 members (excludes halogenated alkanes) is 25. The lowest BCUT2D eigenvalue weighted by molar-refractivity contribution is -0.870. The van der Waals surface area contributed by atoms with Gasteiger partial charge < -0.3 is 28.8 Å². The summed E-state index contributed by atoms with van der Waals surface area (Å²) in [6.45, 7) is 4.52. The smallest absolute Gasteiger partial charge is 0.268 e. The van der Waals surface area contributed by atoms with Gasteiger partial charge in [-0.1, -0.05) is 277 Å². The van der Waals surface area contributed by atoms with E-state index in [2.05, 4.69) is 129 Å². The summed E-state index contributed by atoms with van der Waals surface area (Å²) in [4.78, 5) is 25.6. The number of phosphoric acid groups is 1. The molecule has 0 saturated carbocycles. The zero-order chi connectivity index (χ0) is 56.3. The predicted octanol–water partition coefficient (Wildman–Crippen LogP) is 19.1. The first-order valence-corrected chi connectivity index (χ1v) is 32.9. The molecule has 0 radical (unpaired) electrons.